The maximum atomic E-state index is 11.9. The molecule has 1 aromatic rings. The van der Waals surface area contributed by atoms with Crippen LogP contribution in [0.3, 0.4) is 0 Å². The highest BCUT2D eigenvalue weighted by Gasteiger charge is 2.16. The van der Waals surface area contributed by atoms with E-state index in [1.807, 2.05) is 41.5 Å². The van der Waals surface area contributed by atoms with Crippen LogP contribution < -0.4 is 16.0 Å². The van der Waals surface area contributed by atoms with Crippen molar-refractivity contribution in [3.05, 3.63) is 0 Å². The van der Waals surface area contributed by atoms with Gasteiger partial charge in [-0.25, -0.2) is 14.4 Å². The lowest BCUT2D eigenvalue weighted by Crippen LogP contribution is -2.23. The smallest absolute Gasteiger partial charge is 0.414 e. The summed E-state index contributed by atoms with van der Waals surface area (Å²) in [5, 5.41) is 6.95. The summed E-state index contributed by atoms with van der Waals surface area (Å²) in [6, 6.07) is 0. The number of ether oxygens (including phenoxy) is 3. The van der Waals surface area contributed by atoms with E-state index < -0.39 is 18.3 Å². The van der Waals surface area contributed by atoms with Crippen LogP contribution in [-0.4, -0.2) is 53.1 Å². The highest BCUT2D eigenvalue weighted by molar-refractivity contribution is 5.86. The summed E-state index contributed by atoms with van der Waals surface area (Å²) < 4.78 is 15.0. The second-order valence-electron chi connectivity index (χ2n) is 7.66. The van der Waals surface area contributed by atoms with E-state index in [0.717, 1.165) is 0 Å². The molecule has 1 heterocycles. The molecule has 1 rings (SSSR count). The van der Waals surface area contributed by atoms with Crippen molar-refractivity contribution in [3.63, 3.8) is 0 Å². The highest BCUT2D eigenvalue weighted by Crippen LogP contribution is 2.11. The molecule has 0 radical (unpaired) electrons. The van der Waals surface area contributed by atoms with Crippen LogP contribution in [0.25, 0.3) is 0 Å². The molecule has 0 saturated carbocycles. The zero-order valence-electron chi connectivity index (χ0n) is 18.1. The number of amides is 3. The van der Waals surface area contributed by atoms with Crippen LogP contribution in [0.15, 0.2) is 0 Å². The van der Waals surface area contributed by atoms with Gasteiger partial charge >= 0.3 is 18.3 Å². The predicted octanol–water partition coefficient (Wildman–Crippen LogP) is 3.49. The van der Waals surface area contributed by atoms with Gasteiger partial charge in [0.1, 0.15) is 0 Å². The quantitative estimate of drug-likeness (QED) is 0.503. The highest BCUT2D eigenvalue weighted by atomic mass is 16.6. The molecule has 0 aliphatic carbocycles. The van der Waals surface area contributed by atoms with Crippen LogP contribution in [0.4, 0.5) is 32.2 Å². The monoisotopic (exact) mass is 426 g/mol. The first kappa shape index (κ1) is 24.9. The van der Waals surface area contributed by atoms with E-state index in [1.54, 1.807) is 0 Å². The van der Waals surface area contributed by atoms with Gasteiger partial charge in [0.25, 0.3) is 0 Å². The second-order valence-corrected chi connectivity index (χ2v) is 7.66. The first-order valence-corrected chi connectivity index (χ1v) is 9.62. The Bertz CT molecular complexity index is 618. The molecule has 168 valence electrons. The summed E-state index contributed by atoms with van der Waals surface area (Å²) in [6.45, 7) is 11.9. The average Bonchev–Trinajstić information content (AvgIpc) is 2.63. The van der Waals surface area contributed by atoms with E-state index in [1.165, 1.54) is 0 Å². The van der Waals surface area contributed by atoms with Crippen LogP contribution in [-0.2, 0) is 14.2 Å². The van der Waals surface area contributed by atoms with Gasteiger partial charge in [-0.2, -0.15) is 15.0 Å². The Balaban J connectivity index is 2.92. The number of rotatable bonds is 9. The van der Waals surface area contributed by atoms with Gasteiger partial charge in [-0.15, -0.1) is 0 Å². The molecule has 0 saturated heterocycles. The molecular weight excluding hydrogens is 396 g/mol. The van der Waals surface area contributed by atoms with Gasteiger partial charge in [-0.3, -0.25) is 16.0 Å². The van der Waals surface area contributed by atoms with Crippen molar-refractivity contribution in [1.82, 2.24) is 15.0 Å². The van der Waals surface area contributed by atoms with Gasteiger partial charge in [0.05, 0.1) is 19.8 Å². The molecular formula is C18H30N6O6. The number of anilines is 3. The summed E-state index contributed by atoms with van der Waals surface area (Å²) in [7, 11) is 0. The maximum Gasteiger partial charge on any atom is 0.414 e. The Labute approximate surface area is 175 Å². The van der Waals surface area contributed by atoms with E-state index in [4.69, 9.17) is 14.2 Å². The number of aromatic nitrogens is 3. The van der Waals surface area contributed by atoms with E-state index in [9.17, 15) is 14.4 Å². The van der Waals surface area contributed by atoms with Gasteiger partial charge in [0.15, 0.2) is 0 Å². The first-order valence-electron chi connectivity index (χ1n) is 9.62. The maximum absolute atomic E-state index is 11.9. The normalized spacial score (nSPS) is 10.7. The zero-order chi connectivity index (χ0) is 22.7. The summed E-state index contributed by atoms with van der Waals surface area (Å²) in [6.07, 6.45) is -2.38. The first-order chi connectivity index (χ1) is 14.0. The van der Waals surface area contributed by atoms with Crippen LogP contribution >= 0.6 is 0 Å². The SMILES string of the molecule is CC(C)COC(=O)Nc1nc(NC(=O)OCC(C)C)nc(NC(=O)OCC(C)C)n1. The molecule has 3 amide bonds. The fraction of sp³-hybridized carbons (Fsp3) is 0.667. The van der Waals surface area contributed by atoms with Crippen molar-refractivity contribution in [3.8, 4) is 0 Å². The Morgan fingerprint density at radius 1 is 0.600 bits per heavy atom. The van der Waals surface area contributed by atoms with Crippen LogP contribution in [0.5, 0.6) is 0 Å². The third kappa shape index (κ3) is 11.0. The standard InChI is InChI=1S/C18H30N6O6/c1-10(2)7-28-16(25)22-13-19-14(23-17(26)29-8-11(3)4)21-15(20-13)24-18(27)30-9-12(5)6/h10-12H,7-9H2,1-6H3,(H3,19,20,21,22,23,24,25,26,27). The number of nitrogens with zero attached hydrogens (tertiary/aromatic N) is 3. The number of hydrogen-bond acceptors (Lipinski definition) is 9. The van der Waals surface area contributed by atoms with Gasteiger partial charge in [0.2, 0.25) is 17.8 Å². The molecule has 0 fully saturated rings. The largest absolute Gasteiger partial charge is 0.449 e. The van der Waals surface area contributed by atoms with Crippen molar-refractivity contribution in [1.29, 1.82) is 0 Å². The lowest BCUT2D eigenvalue weighted by atomic mass is 10.2. The van der Waals surface area contributed by atoms with Crippen LogP contribution in [0.1, 0.15) is 41.5 Å². The number of nitrogens with one attached hydrogen (secondary N) is 3. The minimum atomic E-state index is -0.795. The van der Waals surface area contributed by atoms with Gasteiger partial charge in [-0.1, -0.05) is 41.5 Å². The molecule has 1 aromatic heterocycles. The van der Waals surface area contributed by atoms with E-state index in [0.29, 0.717) is 0 Å². The minimum absolute atomic E-state index is 0.134. The molecule has 0 bridgehead atoms. The van der Waals surface area contributed by atoms with Crippen molar-refractivity contribution >= 4 is 36.1 Å². The Morgan fingerprint density at radius 2 is 0.833 bits per heavy atom. The fourth-order valence-electron chi connectivity index (χ4n) is 1.65. The van der Waals surface area contributed by atoms with E-state index >= 15 is 0 Å². The molecule has 3 N–H and O–H groups in total. The van der Waals surface area contributed by atoms with Crippen molar-refractivity contribution in [2.45, 2.75) is 41.5 Å². The average molecular weight is 426 g/mol. The number of carbonyl (C=O) groups is 3. The molecule has 0 aliphatic rings. The van der Waals surface area contributed by atoms with Crippen molar-refractivity contribution < 1.29 is 28.6 Å². The Morgan fingerprint density at radius 3 is 1.03 bits per heavy atom. The van der Waals surface area contributed by atoms with Gasteiger partial charge in [-0.05, 0) is 17.8 Å². The van der Waals surface area contributed by atoms with Gasteiger partial charge < -0.3 is 14.2 Å². The minimum Gasteiger partial charge on any atom is -0.449 e. The summed E-state index contributed by atoms with van der Waals surface area (Å²) in [5.74, 6) is -0.314. The molecule has 0 atom stereocenters. The van der Waals surface area contributed by atoms with E-state index in [2.05, 4.69) is 30.9 Å². The second kappa shape index (κ2) is 12.4. The van der Waals surface area contributed by atoms with E-state index in [-0.39, 0.29) is 55.4 Å². The summed E-state index contributed by atoms with van der Waals surface area (Å²) >= 11 is 0. The summed E-state index contributed by atoms with van der Waals surface area (Å²) in [4.78, 5) is 47.4. The summed E-state index contributed by atoms with van der Waals surface area (Å²) in [5.41, 5.74) is 0. The van der Waals surface area contributed by atoms with Crippen molar-refractivity contribution in [2.75, 3.05) is 35.8 Å². The Kier molecular flexibility index (Phi) is 10.3. The number of hydrogen-bond donors (Lipinski definition) is 3. The predicted molar refractivity (Wildman–Crippen MR) is 109 cm³/mol. The van der Waals surface area contributed by atoms with Gasteiger partial charge in [0, 0.05) is 0 Å². The topological polar surface area (TPSA) is 154 Å². The van der Waals surface area contributed by atoms with Crippen LogP contribution in [0.2, 0.25) is 0 Å². The molecule has 30 heavy (non-hydrogen) atoms. The lowest BCUT2D eigenvalue weighted by Gasteiger charge is -2.12. The lowest BCUT2D eigenvalue weighted by molar-refractivity contribution is 0.147. The van der Waals surface area contributed by atoms with Crippen molar-refractivity contribution in [2.24, 2.45) is 17.8 Å². The third-order valence-corrected chi connectivity index (χ3v) is 2.92. The molecule has 0 aromatic carbocycles. The van der Waals surface area contributed by atoms with Crippen LogP contribution in [0, 0.1) is 17.8 Å². The fourth-order valence-corrected chi connectivity index (χ4v) is 1.65. The third-order valence-electron chi connectivity index (χ3n) is 2.92. The molecule has 0 spiro atoms. The molecule has 0 aliphatic heterocycles. The number of carbonyl (C=O) groups excluding carboxylic acids is 3. The zero-order valence-corrected chi connectivity index (χ0v) is 18.1. The molecule has 12 nitrogen and oxygen atoms in total. The molecule has 12 heteroatoms. The Hall–Kier alpha value is -3.18. The molecule has 0 unspecified atom stereocenters.